The van der Waals surface area contributed by atoms with Gasteiger partial charge in [0.25, 0.3) is 0 Å². The van der Waals surface area contributed by atoms with Gasteiger partial charge in [0.1, 0.15) is 5.65 Å². The number of allylic oxidation sites excluding steroid dienone is 2. The summed E-state index contributed by atoms with van der Waals surface area (Å²) < 4.78 is 0. The van der Waals surface area contributed by atoms with E-state index in [0.29, 0.717) is 6.04 Å². The Hall–Kier alpha value is -2.31. The molecule has 1 aliphatic carbocycles. The van der Waals surface area contributed by atoms with Gasteiger partial charge in [-0.3, -0.25) is 0 Å². The van der Waals surface area contributed by atoms with Gasteiger partial charge in [-0.2, -0.15) is 0 Å². The SMILES string of the molecule is CN(C)C1C=CC(C#Cc2cc3cccnc3[nH]2)=CC1. The minimum atomic E-state index is 0.484. The standard InChI is InChI=1S/C17H17N3/c1-20(2)16-9-6-13(7-10-16)5-8-15-12-14-4-3-11-18-17(14)19-15/h3-4,6-7,9,11-12,16H,10H2,1-2H3,(H,18,19). The number of nitrogens with one attached hydrogen (secondary N) is 1. The highest BCUT2D eigenvalue weighted by Gasteiger charge is 2.09. The monoisotopic (exact) mass is 263 g/mol. The molecule has 1 N–H and O–H groups in total. The maximum absolute atomic E-state index is 4.27. The minimum absolute atomic E-state index is 0.484. The topological polar surface area (TPSA) is 31.9 Å². The van der Waals surface area contributed by atoms with E-state index in [9.17, 15) is 0 Å². The number of likely N-dealkylation sites (N-methyl/N-ethyl adjacent to an activating group) is 1. The Labute approximate surface area is 119 Å². The van der Waals surface area contributed by atoms with Crippen LogP contribution in [0.15, 0.2) is 48.2 Å². The molecule has 0 aliphatic heterocycles. The van der Waals surface area contributed by atoms with E-state index in [1.807, 2.05) is 18.2 Å². The van der Waals surface area contributed by atoms with Gasteiger partial charge in [0.2, 0.25) is 0 Å². The van der Waals surface area contributed by atoms with Crippen molar-refractivity contribution in [3.63, 3.8) is 0 Å². The summed E-state index contributed by atoms with van der Waals surface area (Å²) in [7, 11) is 4.19. The van der Waals surface area contributed by atoms with Crippen LogP contribution >= 0.6 is 0 Å². The van der Waals surface area contributed by atoms with Crippen LogP contribution in [0.2, 0.25) is 0 Å². The van der Waals surface area contributed by atoms with Crippen molar-refractivity contribution >= 4 is 11.0 Å². The zero-order valence-corrected chi connectivity index (χ0v) is 11.7. The van der Waals surface area contributed by atoms with Gasteiger partial charge in [-0.05, 0) is 50.7 Å². The average Bonchev–Trinajstić information content (AvgIpc) is 2.88. The van der Waals surface area contributed by atoms with E-state index in [4.69, 9.17) is 0 Å². The molecule has 0 amide bonds. The molecule has 2 heterocycles. The molecule has 1 atom stereocenters. The van der Waals surface area contributed by atoms with Gasteiger partial charge >= 0.3 is 0 Å². The summed E-state index contributed by atoms with van der Waals surface area (Å²) in [5.74, 6) is 6.37. The third-order valence-electron chi connectivity index (χ3n) is 3.47. The van der Waals surface area contributed by atoms with E-state index in [-0.39, 0.29) is 0 Å². The Morgan fingerprint density at radius 3 is 2.95 bits per heavy atom. The Morgan fingerprint density at radius 1 is 1.35 bits per heavy atom. The smallest absolute Gasteiger partial charge is 0.138 e. The summed E-state index contributed by atoms with van der Waals surface area (Å²) in [4.78, 5) is 9.70. The quantitative estimate of drug-likeness (QED) is 0.802. The Morgan fingerprint density at radius 2 is 2.25 bits per heavy atom. The van der Waals surface area contributed by atoms with Crippen molar-refractivity contribution in [1.82, 2.24) is 14.9 Å². The molecule has 100 valence electrons. The second kappa shape index (κ2) is 5.36. The molecule has 3 rings (SSSR count). The molecule has 2 aromatic rings. The van der Waals surface area contributed by atoms with Crippen LogP contribution in [0.5, 0.6) is 0 Å². The number of nitrogens with zero attached hydrogens (tertiary/aromatic N) is 2. The van der Waals surface area contributed by atoms with Gasteiger partial charge in [-0.1, -0.05) is 18.1 Å². The molecule has 0 saturated heterocycles. The molecule has 0 bridgehead atoms. The first kappa shape index (κ1) is 12.7. The molecule has 2 aromatic heterocycles. The highest BCUT2D eigenvalue weighted by molar-refractivity contribution is 5.77. The van der Waals surface area contributed by atoms with Crippen LogP contribution in [0, 0.1) is 11.8 Å². The Bertz CT molecular complexity index is 705. The predicted molar refractivity (Wildman–Crippen MR) is 82.3 cm³/mol. The highest BCUT2D eigenvalue weighted by Crippen LogP contribution is 2.14. The van der Waals surface area contributed by atoms with E-state index in [0.717, 1.165) is 28.7 Å². The van der Waals surface area contributed by atoms with Gasteiger partial charge in [0, 0.05) is 23.2 Å². The molecule has 0 fully saturated rings. The zero-order chi connectivity index (χ0) is 13.9. The molecule has 0 aromatic carbocycles. The number of fused-ring (bicyclic) bond motifs is 1. The van der Waals surface area contributed by atoms with Crippen molar-refractivity contribution in [2.75, 3.05) is 14.1 Å². The first-order valence-corrected chi connectivity index (χ1v) is 6.73. The largest absolute Gasteiger partial charge is 0.333 e. The Kier molecular flexibility index (Phi) is 3.41. The lowest BCUT2D eigenvalue weighted by Gasteiger charge is -2.21. The van der Waals surface area contributed by atoms with E-state index in [1.54, 1.807) is 6.20 Å². The Balaban J connectivity index is 1.78. The lowest BCUT2D eigenvalue weighted by atomic mass is 10.0. The van der Waals surface area contributed by atoms with Crippen LogP contribution in [-0.2, 0) is 0 Å². The minimum Gasteiger partial charge on any atom is -0.333 e. The van der Waals surface area contributed by atoms with Gasteiger partial charge < -0.3 is 9.88 Å². The second-order valence-corrected chi connectivity index (χ2v) is 5.16. The predicted octanol–water partition coefficient (Wildman–Crippen LogP) is 2.73. The van der Waals surface area contributed by atoms with Crippen molar-refractivity contribution in [2.45, 2.75) is 12.5 Å². The van der Waals surface area contributed by atoms with Crippen molar-refractivity contribution in [1.29, 1.82) is 0 Å². The fraction of sp³-hybridized carbons (Fsp3) is 0.235. The molecule has 1 unspecified atom stereocenters. The highest BCUT2D eigenvalue weighted by atomic mass is 15.1. The summed E-state index contributed by atoms with van der Waals surface area (Å²) in [6.45, 7) is 0. The molecule has 20 heavy (non-hydrogen) atoms. The van der Waals surface area contributed by atoms with Crippen LogP contribution in [-0.4, -0.2) is 35.0 Å². The first-order valence-electron chi connectivity index (χ1n) is 6.73. The number of aromatic amines is 1. The maximum atomic E-state index is 4.27. The number of hydrogen-bond donors (Lipinski definition) is 1. The van der Waals surface area contributed by atoms with Gasteiger partial charge in [-0.15, -0.1) is 0 Å². The molecule has 0 saturated carbocycles. The van der Waals surface area contributed by atoms with Crippen molar-refractivity contribution in [3.05, 3.63) is 53.9 Å². The number of aromatic nitrogens is 2. The lowest BCUT2D eigenvalue weighted by molar-refractivity contribution is 0.343. The van der Waals surface area contributed by atoms with Gasteiger partial charge in [-0.25, -0.2) is 4.98 Å². The van der Waals surface area contributed by atoms with Gasteiger partial charge in [0.15, 0.2) is 0 Å². The molecule has 3 heteroatoms. The number of H-pyrrole nitrogens is 1. The van der Waals surface area contributed by atoms with E-state index < -0.39 is 0 Å². The van der Waals surface area contributed by atoms with Crippen molar-refractivity contribution < 1.29 is 0 Å². The summed E-state index contributed by atoms with van der Waals surface area (Å²) in [6.07, 6.45) is 9.29. The van der Waals surface area contributed by atoms with Crippen molar-refractivity contribution in [3.8, 4) is 11.8 Å². The number of pyridine rings is 1. The van der Waals surface area contributed by atoms with Crippen LogP contribution in [0.3, 0.4) is 0 Å². The van der Waals surface area contributed by atoms with Crippen LogP contribution in [0.1, 0.15) is 12.1 Å². The van der Waals surface area contributed by atoms with Crippen LogP contribution < -0.4 is 0 Å². The average molecular weight is 263 g/mol. The molecular weight excluding hydrogens is 246 g/mol. The molecular formula is C17H17N3. The van der Waals surface area contributed by atoms with E-state index >= 15 is 0 Å². The second-order valence-electron chi connectivity index (χ2n) is 5.16. The third kappa shape index (κ3) is 2.66. The van der Waals surface area contributed by atoms with Gasteiger partial charge in [0.05, 0.1) is 5.69 Å². The molecule has 3 nitrogen and oxygen atoms in total. The van der Waals surface area contributed by atoms with Crippen LogP contribution in [0.25, 0.3) is 11.0 Å². The molecule has 0 spiro atoms. The molecule has 1 aliphatic rings. The first-order chi connectivity index (χ1) is 9.72. The summed E-state index contributed by atoms with van der Waals surface area (Å²) in [6, 6.07) is 6.48. The number of rotatable bonds is 1. The summed E-state index contributed by atoms with van der Waals surface area (Å²) in [5, 5.41) is 1.10. The fourth-order valence-corrected chi connectivity index (χ4v) is 2.25. The lowest BCUT2D eigenvalue weighted by Crippen LogP contribution is -2.26. The van der Waals surface area contributed by atoms with E-state index in [1.165, 1.54) is 0 Å². The maximum Gasteiger partial charge on any atom is 0.138 e. The number of hydrogen-bond acceptors (Lipinski definition) is 2. The fourth-order valence-electron chi connectivity index (χ4n) is 2.25. The normalized spacial score (nSPS) is 17.9. The molecule has 0 radical (unpaired) electrons. The zero-order valence-electron chi connectivity index (χ0n) is 11.7. The summed E-state index contributed by atoms with van der Waals surface area (Å²) >= 11 is 0. The van der Waals surface area contributed by atoms with E-state index in [2.05, 4.69) is 59.0 Å². The third-order valence-corrected chi connectivity index (χ3v) is 3.47. The summed E-state index contributed by atoms with van der Waals surface area (Å²) in [5.41, 5.74) is 2.87. The van der Waals surface area contributed by atoms with Crippen molar-refractivity contribution in [2.24, 2.45) is 0 Å². The van der Waals surface area contributed by atoms with Crippen LogP contribution in [0.4, 0.5) is 0 Å².